The standard InChI is InChI=1S/C17H19N3O5/c1-23-12-3-2-4-13(9-12)25-11-15-14(16(21)22)10-18-17(19-15)20-5-7-24-8-6-20/h2-4,9-10H,5-8,11H2,1H3,(H,21,22). The van der Waals surface area contributed by atoms with Crippen LogP contribution in [0.15, 0.2) is 30.5 Å². The van der Waals surface area contributed by atoms with Crippen LogP contribution in [0.25, 0.3) is 0 Å². The molecule has 0 spiro atoms. The molecule has 8 nitrogen and oxygen atoms in total. The van der Waals surface area contributed by atoms with E-state index >= 15 is 0 Å². The van der Waals surface area contributed by atoms with Crippen molar-refractivity contribution in [1.29, 1.82) is 0 Å². The molecule has 1 fully saturated rings. The van der Waals surface area contributed by atoms with E-state index in [4.69, 9.17) is 14.2 Å². The summed E-state index contributed by atoms with van der Waals surface area (Å²) in [4.78, 5) is 22.0. The van der Waals surface area contributed by atoms with E-state index in [9.17, 15) is 9.90 Å². The van der Waals surface area contributed by atoms with Crippen LogP contribution in [-0.4, -0.2) is 54.5 Å². The van der Waals surface area contributed by atoms with E-state index in [2.05, 4.69) is 9.97 Å². The zero-order chi connectivity index (χ0) is 17.6. The van der Waals surface area contributed by atoms with Gasteiger partial charge in [0.1, 0.15) is 23.7 Å². The second-order valence-corrected chi connectivity index (χ2v) is 5.40. The first-order chi connectivity index (χ1) is 12.2. The summed E-state index contributed by atoms with van der Waals surface area (Å²) in [6, 6.07) is 7.10. The fourth-order valence-corrected chi connectivity index (χ4v) is 2.45. The number of carbonyl (C=O) groups is 1. The summed E-state index contributed by atoms with van der Waals surface area (Å²) in [5, 5.41) is 9.36. The van der Waals surface area contributed by atoms with Crippen LogP contribution in [0.4, 0.5) is 5.95 Å². The Morgan fingerprint density at radius 1 is 1.32 bits per heavy atom. The smallest absolute Gasteiger partial charge is 0.339 e. The number of methoxy groups -OCH3 is 1. The van der Waals surface area contributed by atoms with Crippen molar-refractivity contribution < 1.29 is 24.1 Å². The number of carboxylic acid groups (broad SMARTS) is 1. The van der Waals surface area contributed by atoms with E-state index in [0.717, 1.165) is 0 Å². The predicted octanol–water partition coefficient (Wildman–Crippen LogP) is 1.60. The van der Waals surface area contributed by atoms with Gasteiger partial charge in [-0.05, 0) is 12.1 Å². The maximum Gasteiger partial charge on any atom is 0.339 e. The number of rotatable bonds is 6. The zero-order valence-corrected chi connectivity index (χ0v) is 13.8. The minimum atomic E-state index is -1.09. The molecule has 0 atom stereocenters. The van der Waals surface area contributed by atoms with Gasteiger partial charge in [-0.2, -0.15) is 0 Å². The maximum absolute atomic E-state index is 11.4. The van der Waals surface area contributed by atoms with Crippen molar-refractivity contribution in [2.45, 2.75) is 6.61 Å². The Hall–Kier alpha value is -2.87. The number of hydrogen-bond donors (Lipinski definition) is 1. The molecule has 0 unspecified atom stereocenters. The highest BCUT2D eigenvalue weighted by molar-refractivity contribution is 5.88. The lowest BCUT2D eigenvalue weighted by Gasteiger charge is -2.27. The molecule has 25 heavy (non-hydrogen) atoms. The number of hydrogen-bond acceptors (Lipinski definition) is 7. The summed E-state index contributed by atoms with van der Waals surface area (Å²) >= 11 is 0. The first-order valence-corrected chi connectivity index (χ1v) is 7.86. The van der Waals surface area contributed by atoms with Gasteiger partial charge >= 0.3 is 5.97 Å². The quantitative estimate of drug-likeness (QED) is 0.844. The normalized spacial score (nSPS) is 14.2. The highest BCUT2D eigenvalue weighted by atomic mass is 16.5. The molecular weight excluding hydrogens is 326 g/mol. The lowest BCUT2D eigenvalue weighted by molar-refractivity contribution is 0.0692. The molecule has 8 heteroatoms. The summed E-state index contributed by atoms with van der Waals surface area (Å²) in [5.74, 6) is 0.630. The van der Waals surface area contributed by atoms with Crippen LogP contribution in [0.2, 0.25) is 0 Å². The summed E-state index contributed by atoms with van der Waals surface area (Å²) in [6.07, 6.45) is 1.32. The summed E-state index contributed by atoms with van der Waals surface area (Å²) in [6.45, 7) is 2.55. The number of morpholine rings is 1. The highest BCUT2D eigenvalue weighted by Crippen LogP contribution is 2.21. The number of aromatic carboxylic acids is 1. The average molecular weight is 345 g/mol. The Balaban J connectivity index is 1.80. The number of ether oxygens (including phenoxy) is 3. The third-order valence-electron chi connectivity index (χ3n) is 3.80. The van der Waals surface area contributed by atoms with E-state index < -0.39 is 5.97 Å². The largest absolute Gasteiger partial charge is 0.497 e. The van der Waals surface area contributed by atoms with Crippen molar-refractivity contribution in [3.05, 3.63) is 41.7 Å². The van der Waals surface area contributed by atoms with Gasteiger partial charge in [0.05, 0.1) is 26.0 Å². The second-order valence-electron chi connectivity index (χ2n) is 5.40. The third-order valence-corrected chi connectivity index (χ3v) is 3.80. The molecule has 132 valence electrons. The van der Waals surface area contributed by atoms with Crippen LogP contribution in [0.1, 0.15) is 16.1 Å². The Morgan fingerprint density at radius 2 is 2.08 bits per heavy atom. The van der Waals surface area contributed by atoms with Crippen molar-refractivity contribution in [3.63, 3.8) is 0 Å². The molecule has 1 N–H and O–H groups in total. The molecule has 0 radical (unpaired) electrons. The molecule has 0 saturated carbocycles. The lowest BCUT2D eigenvalue weighted by atomic mass is 10.2. The summed E-state index contributed by atoms with van der Waals surface area (Å²) in [5.41, 5.74) is 0.353. The Morgan fingerprint density at radius 3 is 2.80 bits per heavy atom. The van der Waals surface area contributed by atoms with Crippen LogP contribution in [-0.2, 0) is 11.3 Å². The van der Waals surface area contributed by atoms with Gasteiger partial charge in [0.2, 0.25) is 5.95 Å². The Bertz CT molecular complexity index is 747. The van der Waals surface area contributed by atoms with Gasteiger partial charge < -0.3 is 24.2 Å². The van der Waals surface area contributed by atoms with E-state index in [1.165, 1.54) is 6.20 Å². The molecule has 0 bridgehead atoms. The van der Waals surface area contributed by atoms with Gasteiger partial charge in [-0.15, -0.1) is 0 Å². The van der Waals surface area contributed by atoms with Crippen LogP contribution in [0.5, 0.6) is 11.5 Å². The Labute approximate surface area is 145 Å². The van der Waals surface area contributed by atoms with Crippen LogP contribution in [0, 0.1) is 0 Å². The zero-order valence-electron chi connectivity index (χ0n) is 13.8. The number of aromatic nitrogens is 2. The van der Waals surface area contributed by atoms with Gasteiger partial charge in [0.25, 0.3) is 0 Å². The first-order valence-electron chi connectivity index (χ1n) is 7.86. The number of nitrogens with zero attached hydrogens (tertiary/aromatic N) is 3. The monoisotopic (exact) mass is 345 g/mol. The molecule has 0 amide bonds. The van der Waals surface area contributed by atoms with Crippen molar-refractivity contribution in [1.82, 2.24) is 9.97 Å². The molecule has 1 saturated heterocycles. The van der Waals surface area contributed by atoms with E-state index in [1.54, 1.807) is 31.4 Å². The fourth-order valence-electron chi connectivity index (χ4n) is 2.45. The van der Waals surface area contributed by atoms with Crippen molar-refractivity contribution in [2.75, 3.05) is 38.3 Å². The van der Waals surface area contributed by atoms with Crippen LogP contribution < -0.4 is 14.4 Å². The summed E-state index contributed by atoms with van der Waals surface area (Å²) < 4.78 is 16.2. The molecule has 0 aliphatic carbocycles. The molecule has 1 aliphatic heterocycles. The molecule has 3 rings (SSSR count). The molecule has 1 aromatic carbocycles. The summed E-state index contributed by atoms with van der Waals surface area (Å²) in [7, 11) is 1.57. The molecule has 1 aliphatic rings. The molecule has 2 aromatic rings. The predicted molar refractivity (Wildman–Crippen MR) is 89.3 cm³/mol. The highest BCUT2D eigenvalue weighted by Gasteiger charge is 2.19. The van der Waals surface area contributed by atoms with E-state index in [1.807, 2.05) is 4.90 Å². The van der Waals surface area contributed by atoms with Gasteiger partial charge in [0, 0.05) is 25.4 Å². The van der Waals surface area contributed by atoms with E-state index in [-0.39, 0.29) is 12.2 Å². The Kier molecular flexibility index (Phi) is 5.30. The second kappa shape index (κ2) is 7.80. The molecule has 1 aromatic heterocycles. The van der Waals surface area contributed by atoms with Crippen molar-refractivity contribution >= 4 is 11.9 Å². The van der Waals surface area contributed by atoms with Crippen LogP contribution >= 0.6 is 0 Å². The maximum atomic E-state index is 11.4. The fraction of sp³-hybridized carbons (Fsp3) is 0.353. The lowest BCUT2D eigenvalue weighted by Crippen LogP contribution is -2.37. The van der Waals surface area contributed by atoms with Gasteiger partial charge in [-0.1, -0.05) is 6.07 Å². The number of carboxylic acids is 1. The van der Waals surface area contributed by atoms with Gasteiger partial charge in [-0.25, -0.2) is 14.8 Å². The SMILES string of the molecule is COc1cccc(OCc2nc(N3CCOCC3)ncc2C(=O)O)c1. The first kappa shape index (κ1) is 17.0. The minimum absolute atomic E-state index is 0.0225. The average Bonchev–Trinajstić information content (AvgIpc) is 2.67. The van der Waals surface area contributed by atoms with Crippen molar-refractivity contribution in [2.24, 2.45) is 0 Å². The van der Waals surface area contributed by atoms with Crippen LogP contribution in [0.3, 0.4) is 0 Å². The van der Waals surface area contributed by atoms with E-state index in [0.29, 0.717) is 49.4 Å². The van der Waals surface area contributed by atoms with Gasteiger partial charge in [-0.3, -0.25) is 0 Å². The number of anilines is 1. The minimum Gasteiger partial charge on any atom is -0.497 e. The molecule has 2 heterocycles. The molecular formula is C17H19N3O5. The third kappa shape index (κ3) is 4.16. The van der Waals surface area contributed by atoms with Crippen molar-refractivity contribution in [3.8, 4) is 11.5 Å². The van der Waals surface area contributed by atoms with Gasteiger partial charge in [0.15, 0.2) is 0 Å². The number of benzene rings is 1. The topological polar surface area (TPSA) is 94.0 Å².